The molecule has 0 radical (unpaired) electrons. The maximum Gasteiger partial charge on any atom is 0.282 e. The molecule has 13 heteroatoms. The van der Waals surface area contributed by atoms with Crippen LogP contribution in [0.2, 0.25) is 15.1 Å². The van der Waals surface area contributed by atoms with Crippen molar-refractivity contribution in [2.45, 2.75) is 57.9 Å². The zero-order chi connectivity index (χ0) is 31.3. The molecule has 3 aromatic rings. The monoisotopic (exact) mass is 680 g/mol. The van der Waals surface area contributed by atoms with Crippen LogP contribution >= 0.6 is 58.0 Å². The first-order valence-electron chi connectivity index (χ1n) is 13.0. The molecule has 228 valence electrons. The van der Waals surface area contributed by atoms with Crippen LogP contribution in [0.3, 0.4) is 0 Å². The molecule has 0 saturated heterocycles. The van der Waals surface area contributed by atoms with Crippen molar-refractivity contribution in [3.8, 4) is 0 Å². The minimum absolute atomic E-state index is 0.0156. The summed E-state index contributed by atoms with van der Waals surface area (Å²) in [5.41, 5.74) is 6.44. The number of nitrogens with one attached hydrogen (secondary N) is 2. The van der Waals surface area contributed by atoms with E-state index in [9.17, 15) is 13.6 Å². The van der Waals surface area contributed by atoms with Gasteiger partial charge in [0.05, 0.1) is 12.7 Å². The molecule has 0 spiro atoms. The molecule has 1 aliphatic rings. The van der Waals surface area contributed by atoms with Crippen LogP contribution in [-0.2, 0) is 18.3 Å². The number of carbonyl (C=O) groups excluding carboxylic acids is 1. The molecule has 0 bridgehead atoms. The van der Waals surface area contributed by atoms with Crippen LogP contribution in [0.25, 0.3) is 0 Å². The maximum absolute atomic E-state index is 13.2. The van der Waals surface area contributed by atoms with Gasteiger partial charge >= 0.3 is 0 Å². The topological polar surface area (TPSA) is 68.2 Å². The summed E-state index contributed by atoms with van der Waals surface area (Å²) >= 11 is 30.1. The fourth-order valence-electron chi connectivity index (χ4n) is 5.15. The standard InChI is InChI=1S/C19H19Cl2F2N3O.C10H12Cl3NO/c1-4-10-14(17(20)21)9(2)11-6-5-7-13(15(10)11)24-19(27)12-8-26(3)25-16(12)18(22)23;1-6(14-15-2)3-8-9(12)4-7(11)5-10(8)13/h5-10,18H,4H2,1-3H3,(H,24,27);4-6,14H,3H2,1-2H3. The minimum atomic E-state index is -2.83. The molecule has 4 rings (SSSR count). The Labute approximate surface area is 269 Å². The van der Waals surface area contributed by atoms with Crippen LogP contribution in [0, 0.1) is 0 Å². The number of hydrogen-bond donors (Lipinski definition) is 2. The molecule has 1 aliphatic carbocycles. The molecular weight excluding hydrogens is 652 g/mol. The van der Waals surface area contributed by atoms with Crippen LogP contribution in [0.4, 0.5) is 14.5 Å². The van der Waals surface area contributed by atoms with Gasteiger partial charge in [0.2, 0.25) is 0 Å². The Kier molecular flexibility index (Phi) is 12.5. The van der Waals surface area contributed by atoms with E-state index in [1.165, 1.54) is 17.9 Å². The summed E-state index contributed by atoms with van der Waals surface area (Å²) in [6.45, 7) is 6.00. The Morgan fingerprint density at radius 2 is 1.81 bits per heavy atom. The highest BCUT2D eigenvalue weighted by Gasteiger charge is 2.36. The zero-order valence-corrected chi connectivity index (χ0v) is 27.3. The zero-order valence-electron chi connectivity index (χ0n) is 23.5. The number of aromatic nitrogens is 2. The summed E-state index contributed by atoms with van der Waals surface area (Å²) in [5, 5.41) is 8.17. The summed E-state index contributed by atoms with van der Waals surface area (Å²) in [4.78, 5) is 17.5. The molecule has 6 nitrogen and oxygen atoms in total. The highest BCUT2D eigenvalue weighted by atomic mass is 35.5. The van der Waals surface area contributed by atoms with Gasteiger partial charge in [-0.25, -0.2) is 8.78 Å². The van der Waals surface area contributed by atoms with Crippen molar-refractivity contribution in [1.82, 2.24) is 15.3 Å². The second kappa shape index (κ2) is 15.2. The van der Waals surface area contributed by atoms with Crippen molar-refractivity contribution < 1.29 is 18.4 Å². The number of amides is 1. The summed E-state index contributed by atoms with van der Waals surface area (Å²) in [6, 6.07) is 9.05. The van der Waals surface area contributed by atoms with E-state index in [2.05, 4.69) is 15.9 Å². The molecule has 2 N–H and O–H groups in total. The highest BCUT2D eigenvalue weighted by molar-refractivity contribution is 6.56. The Bertz CT molecular complexity index is 1440. The van der Waals surface area contributed by atoms with Gasteiger partial charge in [0, 0.05) is 51.9 Å². The normalized spacial score (nSPS) is 16.6. The van der Waals surface area contributed by atoms with Gasteiger partial charge in [-0.2, -0.15) is 10.6 Å². The molecule has 1 aromatic heterocycles. The Balaban J connectivity index is 0.000000274. The number of halogens is 7. The van der Waals surface area contributed by atoms with Gasteiger partial charge in [-0.05, 0) is 60.2 Å². The largest absolute Gasteiger partial charge is 0.322 e. The first-order valence-corrected chi connectivity index (χ1v) is 14.9. The number of alkyl halides is 2. The van der Waals surface area contributed by atoms with Crippen molar-refractivity contribution in [2.24, 2.45) is 7.05 Å². The first kappa shape index (κ1) is 34.6. The summed E-state index contributed by atoms with van der Waals surface area (Å²) in [7, 11) is 3.07. The molecule has 2 aromatic carbocycles. The third kappa shape index (κ3) is 7.97. The van der Waals surface area contributed by atoms with Crippen molar-refractivity contribution >= 4 is 69.6 Å². The van der Waals surface area contributed by atoms with Crippen LogP contribution < -0.4 is 10.8 Å². The average Bonchev–Trinajstić information content (AvgIpc) is 3.45. The van der Waals surface area contributed by atoms with Crippen LogP contribution in [0.5, 0.6) is 0 Å². The maximum atomic E-state index is 13.2. The van der Waals surface area contributed by atoms with Gasteiger partial charge in [-0.1, -0.05) is 84.0 Å². The van der Waals surface area contributed by atoms with E-state index in [1.807, 2.05) is 32.9 Å². The lowest BCUT2D eigenvalue weighted by Crippen LogP contribution is -2.27. The number of carbonyl (C=O) groups is 1. The fourth-order valence-corrected chi connectivity index (χ4v) is 6.71. The predicted molar refractivity (Wildman–Crippen MR) is 168 cm³/mol. The van der Waals surface area contributed by atoms with Crippen LogP contribution in [0.15, 0.2) is 46.6 Å². The molecule has 1 amide bonds. The highest BCUT2D eigenvalue weighted by Crippen LogP contribution is 2.52. The van der Waals surface area contributed by atoms with Crippen LogP contribution in [0.1, 0.15) is 78.2 Å². The van der Waals surface area contributed by atoms with Gasteiger partial charge in [-0.3, -0.25) is 9.48 Å². The number of allylic oxidation sites excluding steroid dienone is 1. The lowest BCUT2D eigenvalue weighted by Gasteiger charge is -2.16. The van der Waals surface area contributed by atoms with Crippen molar-refractivity contribution in [2.75, 3.05) is 12.4 Å². The lowest BCUT2D eigenvalue weighted by molar-refractivity contribution is 0.0661. The smallest absolute Gasteiger partial charge is 0.282 e. The molecular formula is C29H31Cl5F2N4O2. The second-order valence-electron chi connectivity index (χ2n) is 9.84. The molecule has 0 fully saturated rings. The number of hydroxylamine groups is 1. The summed E-state index contributed by atoms with van der Waals surface area (Å²) < 4.78 is 27.8. The van der Waals surface area contributed by atoms with E-state index in [0.717, 1.165) is 28.7 Å². The van der Waals surface area contributed by atoms with E-state index in [4.69, 9.17) is 62.8 Å². The minimum Gasteiger partial charge on any atom is -0.322 e. The number of hydrogen-bond acceptors (Lipinski definition) is 4. The van der Waals surface area contributed by atoms with Crippen molar-refractivity contribution in [3.05, 3.63) is 89.6 Å². The van der Waals surface area contributed by atoms with Crippen LogP contribution in [-0.4, -0.2) is 28.8 Å². The molecule has 0 aliphatic heterocycles. The van der Waals surface area contributed by atoms with E-state index >= 15 is 0 Å². The third-order valence-electron chi connectivity index (χ3n) is 6.92. The quantitative estimate of drug-likeness (QED) is 0.232. The Morgan fingerprint density at radius 1 is 1.17 bits per heavy atom. The van der Waals surface area contributed by atoms with Gasteiger partial charge in [-0.15, -0.1) is 0 Å². The molecule has 1 heterocycles. The van der Waals surface area contributed by atoms with E-state index in [-0.39, 0.29) is 27.9 Å². The number of aryl methyl sites for hydroxylation is 1. The SMILES string of the molecule is CCC1C(=C(Cl)Cl)C(C)c2cccc(NC(=O)c3cn(C)nc3C(F)F)c21.CONC(C)Cc1c(Cl)cc(Cl)cc1Cl. The average molecular weight is 683 g/mol. The predicted octanol–water partition coefficient (Wildman–Crippen LogP) is 9.64. The number of benzene rings is 2. The number of nitrogens with zero attached hydrogens (tertiary/aromatic N) is 2. The van der Waals surface area contributed by atoms with E-state index < -0.39 is 18.0 Å². The lowest BCUT2D eigenvalue weighted by atomic mass is 9.93. The summed E-state index contributed by atoms with van der Waals surface area (Å²) in [6.07, 6.45) is -0.109. The Hall–Kier alpha value is -1.91. The summed E-state index contributed by atoms with van der Waals surface area (Å²) in [5.74, 6) is -0.648. The van der Waals surface area contributed by atoms with Crippen molar-refractivity contribution in [1.29, 1.82) is 0 Å². The number of fused-ring (bicyclic) bond motifs is 1. The number of rotatable bonds is 8. The molecule has 42 heavy (non-hydrogen) atoms. The van der Waals surface area contributed by atoms with Gasteiger partial charge in [0.15, 0.2) is 0 Å². The van der Waals surface area contributed by atoms with Gasteiger partial charge in [0.25, 0.3) is 12.3 Å². The Morgan fingerprint density at radius 3 is 2.36 bits per heavy atom. The second-order valence-corrected chi connectivity index (χ2v) is 12.0. The van der Waals surface area contributed by atoms with Gasteiger partial charge in [0.1, 0.15) is 10.2 Å². The third-order valence-corrected chi connectivity index (χ3v) is 8.24. The van der Waals surface area contributed by atoms with E-state index in [1.54, 1.807) is 25.3 Å². The molecule has 3 atom stereocenters. The number of anilines is 1. The van der Waals surface area contributed by atoms with E-state index in [0.29, 0.717) is 27.2 Å². The first-order chi connectivity index (χ1) is 19.8. The van der Waals surface area contributed by atoms with Crippen molar-refractivity contribution in [3.63, 3.8) is 0 Å². The molecule has 0 saturated carbocycles. The fraction of sp³-hybridized carbons (Fsp3) is 0.379. The van der Waals surface area contributed by atoms with Gasteiger partial charge < -0.3 is 10.2 Å². The molecule has 3 unspecified atom stereocenters.